The zero-order valence-electron chi connectivity index (χ0n) is 12.0. The molecular weight excluding hydrogens is 310 g/mol. The van der Waals surface area contributed by atoms with Crippen LogP contribution in [0.3, 0.4) is 0 Å². The highest BCUT2D eigenvalue weighted by Crippen LogP contribution is 2.44. The fraction of sp³-hybridized carbons (Fsp3) is 0.0556. The fourth-order valence-corrected chi connectivity index (χ4v) is 3.27. The Bertz CT molecular complexity index is 997. The smallest absolute Gasteiger partial charge is 0.205 e. The second-order valence-corrected chi connectivity index (χ2v) is 5.83. The molecule has 4 rings (SSSR count). The van der Waals surface area contributed by atoms with Gasteiger partial charge in [-0.05, 0) is 29.8 Å². The molecule has 1 atom stereocenters. The van der Waals surface area contributed by atoms with Crippen LogP contribution in [0, 0.1) is 11.3 Å². The number of halogens is 1. The van der Waals surface area contributed by atoms with Gasteiger partial charge in [-0.15, -0.1) is 0 Å². The minimum absolute atomic E-state index is 0.137. The first-order valence-electron chi connectivity index (χ1n) is 7.12. The number of fused-ring (bicyclic) bond motifs is 2. The quantitative estimate of drug-likeness (QED) is 0.710. The van der Waals surface area contributed by atoms with Crippen molar-refractivity contribution < 1.29 is 4.74 Å². The Morgan fingerprint density at radius 1 is 1.17 bits per heavy atom. The number of para-hydroxylation sites is 1. The molecule has 0 spiro atoms. The summed E-state index contributed by atoms with van der Waals surface area (Å²) in [5.41, 5.74) is 9.19. The highest BCUT2D eigenvalue weighted by molar-refractivity contribution is 6.30. The number of nitrogens with zero attached hydrogens (tertiary/aromatic N) is 1. The molecule has 0 fully saturated rings. The number of nitrogens with one attached hydrogen (secondary N) is 1. The zero-order valence-corrected chi connectivity index (χ0v) is 12.8. The molecule has 3 N–H and O–H groups in total. The van der Waals surface area contributed by atoms with Crippen molar-refractivity contribution in [3.63, 3.8) is 0 Å². The molecule has 1 aliphatic heterocycles. The van der Waals surface area contributed by atoms with E-state index in [0.29, 0.717) is 16.3 Å². The van der Waals surface area contributed by atoms with Crippen molar-refractivity contribution in [2.24, 2.45) is 5.73 Å². The fourth-order valence-electron chi connectivity index (χ4n) is 3.08. The molecule has 0 unspecified atom stereocenters. The minimum atomic E-state index is -0.307. The average molecular weight is 322 g/mol. The highest BCUT2D eigenvalue weighted by atomic mass is 35.5. The molecule has 1 aromatic heterocycles. The first kappa shape index (κ1) is 13.7. The van der Waals surface area contributed by atoms with Crippen molar-refractivity contribution in [1.29, 1.82) is 5.26 Å². The first-order valence-corrected chi connectivity index (χ1v) is 7.50. The van der Waals surface area contributed by atoms with Crippen LogP contribution in [-0.4, -0.2) is 4.98 Å². The molecule has 112 valence electrons. The summed E-state index contributed by atoms with van der Waals surface area (Å²) in [6.07, 6.45) is 1.91. The Hall–Kier alpha value is -2.90. The number of allylic oxidation sites excluding steroid dienone is 1. The molecule has 0 amide bonds. The summed E-state index contributed by atoms with van der Waals surface area (Å²) in [6.45, 7) is 0. The number of hydrogen-bond donors (Lipinski definition) is 2. The zero-order chi connectivity index (χ0) is 16.0. The van der Waals surface area contributed by atoms with Crippen LogP contribution in [0.4, 0.5) is 0 Å². The van der Waals surface area contributed by atoms with Crippen LogP contribution in [0.25, 0.3) is 10.9 Å². The summed E-state index contributed by atoms with van der Waals surface area (Å²) in [4.78, 5) is 3.24. The van der Waals surface area contributed by atoms with E-state index in [1.54, 1.807) is 12.1 Å². The van der Waals surface area contributed by atoms with E-state index in [9.17, 15) is 5.26 Å². The second kappa shape index (κ2) is 5.08. The van der Waals surface area contributed by atoms with E-state index in [1.165, 1.54) is 0 Å². The predicted octanol–water partition coefficient (Wildman–Crippen LogP) is 4.04. The number of rotatable bonds is 1. The van der Waals surface area contributed by atoms with Crippen LogP contribution in [-0.2, 0) is 0 Å². The highest BCUT2D eigenvalue weighted by Gasteiger charge is 2.32. The summed E-state index contributed by atoms with van der Waals surface area (Å²) in [5, 5.41) is 11.2. The SMILES string of the molecule is N#CC1=C(N)Oc2ccc(Cl)cc2[C@@H]1c1c[nH]c2ccccc12. The lowest BCUT2D eigenvalue weighted by atomic mass is 9.83. The van der Waals surface area contributed by atoms with Crippen molar-refractivity contribution in [1.82, 2.24) is 4.98 Å². The number of benzene rings is 2. The number of aromatic nitrogens is 1. The van der Waals surface area contributed by atoms with E-state index in [4.69, 9.17) is 22.1 Å². The van der Waals surface area contributed by atoms with Gasteiger partial charge in [0.15, 0.2) is 0 Å². The second-order valence-electron chi connectivity index (χ2n) is 5.40. The van der Waals surface area contributed by atoms with Crippen molar-refractivity contribution >= 4 is 22.5 Å². The molecule has 23 heavy (non-hydrogen) atoms. The molecule has 0 aliphatic carbocycles. The number of nitrogens with two attached hydrogens (primary N) is 1. The summed E-state index contributed by atoms with van der Waals surface area (Å²) in [5.74, 6) is 0.456. The van der Waals surface area contributed by atoms with Crippen molar-refractivity contribution in [2.75, 3.05) is 0 Å². The van der Waals surface area contributed by atoms with Crippen LogP contribution in [0.1, 0.15) is 17.0 Å². The van der Waals surface area contributed by atoms with Crippen LogP contribution in [0.5, 0.6) is 5.75 Å². The molecule has 0 saturated carbocycles. The summed E-state index contributed by atoms with van der Waals surface area (Å²) in [7, 11) is 0. The number of nitriles is 1. The molecular formula is C18H12ClN3O. The van der Waals surface area contributed by atoms with E-state index < -0.39 is 0 Å². The van der Waals surface area contributed by atoms with Crippen molar-refractivity contribution in [2.45, 2.75) is 5.92 Å². The lowest BCUT2D eigenvalue weighted by Gasteiger charge is -2.26. The lowest BCUT2D eigenvalue weighted by molar-refractivity contribution is 0.394. The van der Waals surface area contributed by atoms with Gasteiger partial charge in [0, 0.05) is 27.7 Å². The number of hydrogen-bond acceptors (Lipinski definition) is 3. The summed E-state index contributed by atoms with van der Waals surface area (Å²) >= 11 is 6.16. The third kappa shape index (κ3) is 2.06. The van der Waals surface area contributed by atoms with Gasteiger partial charge >= 0.3 is 0 Å². The van der Waals surface area contributed by atoms with Gasteiger partial charge in [0.1, 0.15) is 17.4 Å². The van der Waals surface area contributed by atoms with Crippen LogP contribution < -0.4 is 10.5 Å². The van der Waals surface area contributed by atoms with Crippen LogP contribution >= 0.6 is 11.6 Å². The van der Waals surface area contributed by atoms with E-state index in [-0.39, 0.29) is 11.8 Å². The van der Waals surface area contributed by atoms with Gasteiger partial charge in [-0.25, -0.2) is 0 Å². The first-order chi connectivity index (χ1) is 11.2. The van der Waals surface area contributed by atoms with E-state index in [2.05, 4.69) is 11.1 Å². The molecule has 3 aromatic rings. The molecule has 0 bridgehead atoms. The lowest BCUT2D eigenvalue weighted by Crippen LogP contribution is -2.20. The normalized spacial score (nSPS) is 16.8. The van der Waals surface area contributed by atoms with Crippen molar-refractivity contribution in [3.05, 3.63) is 76.3 Å². The molecule has 2 aromatic carbocycles. The Morgan fingerprint density at radius 3 is 2.83 bits per heavy atom. The van der Waals surface area contributed by atoms with Gasteiger partial charge < -0.3 is 15.5 Å². The third-order valence-corrected chi connectivity index (χ3v) is 4.34. The number of aromatic amines is 1. The van der Waals surface area contributed by atoms with Gasteiger partial charge in [-0.1, -0.05) is 29.8 Å². The van der Waals surface area contributed by atoms with Crippen LogP contribution in [0.2, 0.25) is 5.02 Å². The Morgan fingerprint density at radius 2 is 2.00 bits per heavy atom. The van der Waals surface area contributed by atoms with E-state index in [0.717, 1.165) is 22.0 Å². The summed E-state index contributed by atoms with van der Waals surface area (Å²) in [6, 6.07) is 15.5. The molecule has 1 aliphatic rings. The Balaban J connectivity index is 2.02. The number of H-pyrrole nitrogens is 1. The molecule has 0 saturated heterocycles. The maximum Gasteiger partial charge on any atom is 0.205 e. The van der Waals surface area contributed by atoms with Gasteiger partial charge in [0.05, 0.1) is 5.92 Å². The standard InChI is InChI=1S/C18H12ClN3O/c19-10-5-6-16-12(7-10)17(13(8-20)18(21)23-16)14-9-22-15-4-2-1-3-11(14)15/h1-7,9,17,22H,21H2/t17-/m0/s1. The predicted molar refractivity (Wildman–Crippen MR) is 89.0 cm³/mol. The molecule has 0 radical (unpaired) electrons. The number of ether oxygens (including phenoxy) is 1. The largest absolute Gasteiger partial charge is 0.440 e. The van der Waals surface area contributed by atoms with Crippen molar-refractivity contribution in [3.8, 4) is 11.8 Å². The van der Waals surface area contributed by atoms with Gasteiger partial charge in [-0.2, -0.15) is 5.26 Å². The Kier molecular flexibility index (Phi) is 3.03. The monoisotopic (exact) mass is 321 g/mol. The third-order valence-electron chi connectivity index (χ3n) is 4.11. The van der Waals surface area contributed by atoms with Gasteiger partial charge in [0.25, 0.3) is 0 Å². The van der Waals surface area contributed by atoms with E-state index >= 15 is 0 Å². The Labute approximate surface area is 137 Å². The maximum absolute atomic E-state index is 9.59. The van der Waals surface area contributed by atoms with E-state index in [1.807, 2.05) is 36.5 Å². The average Bonchev–Trinajstić information content (AvgIpc) is 2.98. The molecule has 2 heterocycles. The maximum atomic E-state index is 9.59. The summed E-state index contributed by atoms with van der Waals surface area (Å²) < 4.78 is 5.60. The topological polar surface area (TPSA) is 74.8 Å². The van der Waals surface area contributed by atoms with Gasteiger partial charge in [0.2, 0.25) is 5.88 Å². The van der Waals surface area contributed by atoms with Gasteiger partial charge in [-0.3, -0.25) is 0 Å². The van der Waals surface area contributed by atoms with Crippen LogP contribution in [0.15, 0.2) is 60.1 Å². The molecule has 4 nitrogen and oxygen atoms in total. The molecule has 5 heteroatoms. The minimum Gasteiger partial charge on any atom is -0.440 e.